The van der Waals surface area contributed by atoms with Crippen molar-refractivity contribution < 1.29 is 32.3 Å². The first kappa shape index (κ1) is 34.8. The number of carbonyl (C=O) groups excluding carboxylic acids is 3. The number of benzene rings is 3. The topological polar surface area (TPSA) is 152 Å². The zero-order chi connectivity index (χ0) is 32.3. The Hall–Kier alpha value is -3.72. The maximum absolute atomic E-state index is 13.0. The molecule has 11 nitrogen and oxygen atoms in total. The Labute approximate surface area is 274 Å². The van der Waals surface area contributed by atoms with Crippen molar-refractivity contribution in [1.82, 2.24) is 15.4 Å². The summed E-state index contributed by atoms with van der Waals surface area (Å²) in [6.07, 6.45) is -0.369. The summed E-state index contributed by atoms with van der Waals surface area (Å²) in [6, 6.07) is 18.1. The monoisotopic (exact) mass is 724 g/mol. The van der Waals surface area contributed by atoms with Gasteiger partial charge in [-0.1, -0.05) is 78.1 Å². The zero-order valence-electron chi connectivity index (χ0n) is 23.6. The quantitative estimate of drug-likeness (QED) is 0.186. The molecule has 0 unspecified atom stereocenters. The fraction of sp³-hybridized carbons (Fsp3) is 0.241. The second-order valence-corrected chi connectivity index (χ2v) is 12.8. The minimum atomic E-state index is -4.29. The van der Waals surface area contributed by atoms with Gasteiger partial charge in [-0.25, -0.2) is 17.9 Å². The summed E-state index contributed by atoms with van der Waals surface area (Å²) in [7, 11) is -4.29. The van der Waals surface area contributed by atoms with Gasteiger partial charge in [0.1, 0.15) is 18.4 Å². The van der Waals surface area contributed by atoms with Gasteiger partial charge in [-0.15, -0.1) is 0 Å². The number of rotatable bonds is 12. The summed E-state index contributed by atoms with van der Waals surface area (Å²) in [5, 5.41) is 7.95. The van der Waals surface area contributed by atoms with Crippen LogP contribution in [0.15, 0.2) is 82.2 Å². The van der Waals surface area contributed by atoms with Crippen molar-refractivity contribution in [2.45, 2.75) is 37.8 Å². The maximum Gasteiger partial charge on any atom is 0.408 e. The molecule has 3 aromatic rings. The number of alkyl carbamates (subject to hydrolysis) is 1. The molecule has 15 heteroatoms. The summed E-state index contributed by atoms with van der Waals surface area (Å²) in [4.78, 5) is 37.4. The molecule has 0 saturated heterocycles. The molecule has 3 rings (SSSR count). The van der Waals surface area contributed by atoms with Crippen LogP contribution < -0.4 is 25.4 Å². The van der Waals surface area contributed by atoms with Crippen LogP contribution in [0.2, 0.25) is 5.02 Å². The van der Waals surface area contributed by atoms with E-state index in [-0.39, 0.29) is 23.2 Å². The van der Waals surface area contributed by atoms with Gasteiger partial charge in [0.25, 0.3) is 21.8 Å². The third-order valence-electron chi connectivity index (χ3n) is 6.14. The minimum absolute atomic E-state index is 0.0119. The van der Waals surface area contributed by atoms with Gasteiger partial charge in [0, 0.05) is 10.2 Å². The number of halogens is 2. The van der Waals surface area contributed by atoms with Gasteiger partial charge in [-0.05, 0) is 66.2 Å². The van der Waals surface area contributed by atoms with Crippen molar-refractivity contribution in [3.63, 3.8) is 0 Å². The van der Waals surface area contributed by atoms with Crippen LogP contribution in [0.3, 0.4) is 0 Å². The molecular formula is C29H30BrClN4O7S2. The Kier molecular flexibility index (Phi) is 12.9. The highest BCUT2D eigenvalue weighted by molar-refractivity contribution is 9.10. The molecule has 3 amide bonds. The summed E-state index contributed by atoms with van der Waals surface area (Å²) in [5.41, 5.74) is 1.13. The van der Waals surface area contributed by atoms with Crippen LogP contribution in [0, 0.1) is 5.92 Å². The zero-order valence-corrected chi connectivity index (χ0v) is 27.6. The lowest BCUT2D eigenvalue weighted by molar-refractivity contribution is -0.122. The number of thiocarbonyl (C=S) groups is 1. The molecule has 0 aliphatic heterocycles. The van der Waals surface area contributed by atoms with E-state index in [0.717, 1.165) is 10.0 Å². The smallest absolute Gasteiger partial charge is 0.408 e. The molecule has 0 aromatic heterocycles. The van der Waals surface area contributed by atoms with Crippen molar-refractivity contribution in [2.75, 3.05) is 11.9 Å². The fourth-order valence-corrected chi connectivity index (χ4v) is 5.59. The van der Waals surface area contributed by atoms with Crippen molar-refractivity contribution in [3.05, 3.63) is 87.9 Å². The first-order chi connectivity index (χ1) is 20.9. The highest BCUT2D eigenvalue weighted by Crippen LogP contribution is 2.27. The normalized spacial score (nSPS) is 12.3. The Morgan fingerprint density at radius 2 is 1.70 bits per heavy atom. The lowest BCUT2D eigenvalue weighted by Gasteiger charge is -2.23. The minimum Gasteiger partial charge on any atom is -0.482 e. The van der Waals surface area contributed by atoms with Gasteiger partial charge in [-0.2, -0.15) is 0 Å². The number of sulfonamides is 1. The highest BCUT2D eigenvalue weighted by Gasteiger charge is 2.30. The molecular weight excluding hydrogens is 696 g/mol. The van der Waals surface area contributed by atoms with Crippen LogP contribution >= 0.6 is 39.7 Å². The summed E-state index contributed by atoms with van der Waals surface area (Å²) in [5.74, 6) is -1.53. The third-order valence-corrected chi connectivity index (χ3v) is 8.50. The SMILES string of the molecule is CC[C@H](C)[C@H](NC(=O)OCc1ccccc1)C(=O)NS(=O)(=O)c1ccc(NC(=S)NC(=O)COc2ccc(Br)cc2Cl)cc1. The van der Waals surface area contributed by atoms with E-state index >= 15 is 0 Å². The van der Waals surface area contributed by atoms with Crippen LogP contribution in [0.5, 0.6) is 5.75 Å². The molecule has 0 bridgehead atoms. The average molecular weight is 726 g/mol. The van der Waals surface area contributed by atoms with Crippen molar-refractivity contribution >= 4 is 78.5 Å². The number of amides is 3. The van der Waals surface area contributed by atoms with E-state index in [1.165, 1.54) is 24.3 Å². The van der Waals surface area contributed by atoms with Crippen molar-refractivity contribution in [2.24, 2.45) is 5.92 Å². The average Bonchev–Trinajstić information content (AvgIpc) is 2.98. The van der Waals surface area contributed by atoms with Gasteiger partial charge in [0.05, 0.1) is 9.92 Å². The molecule has 234 valence electrons. The van der Waals surface area contributed by atoms with Gasteiger partial charge in [0.2, 0.25) is 0 Å². The molecule has 0 aliphatic rings. The lowest BCUT2D eigenvalue weighted by Crippen LogP contribution is -2.51. The van der Waals surface area contributed by atoms with Crippen LogP contribution in [-0.2, 0) is 31.0 Å². The molecule has 0 saturated carbocycles. The second-order valence-electron chi connectivity index (χ2n) is 9.43. The molecule has 0 radical (unpaired) electrons. The number of nitrogens with one attached hydrogen (secondary N) is 4. The largest absolute Gasteiger partial charge is 0.482 e. The van der Waals surface area contributed by atoms with Gasteiger partial charge < -0.3 is 20.1 Å². The highest BCUT2D eigenvalue weighted by atomic mass is 79.9. The molecule has 0 spiro atoms. The van der Waals surface area contributed by atoms with Gasteiger partial charge >= 0.3 is 6.09 Å². The first-order valence-electron chi connectivity index (χ1n) is 13.2. The number of anilines is 1. The Bertz CT molecular complexity index is 1590. The van der Waals surface area contributed by atoms with Crippen LogP contribution in [-0.4, -0.2) is 44.1 Å². The number of ether oxygens (including phenoxy) is 2. The number of hydrogen-bond donors (Lipinski definition) is 4. The maximum atomic E-state index is 13.0. The molecule has 44 heavy (non-hydrogen) atoms. The van der Waals surface area contributed by atoms with Gasteiger partial charge in [-0.3, -0.25) is 14.9 Å². The summed E-state index contributed by atoms with van der Waals surface area (Å²) >= 11 is 14.5. The second kappa shape index (κ2) is 16.4. The molecule has 0 fully saturated rings. The summed E-state index contributed by atoms with van der Waals surface area (Å²) < 4.78 is 39.3. The predicted octanol–water partition coefficient (Wildman–Crippen LogP) is 5.14. The van der Waals surface area contributed by atoms with E-state index in [9.17, 15) is 22.8 Å². The van der Waals surface area contributed by atoms with Gasteiger partial charge in [0.15, 0.2) is 11.7 Å². The number of hydrogen-bond acceptors (Lipinski definition) is 8. The molecule has 0 aliphatic carbocycles. The summed E-state index contributed by atoms with van der Waals surface area (Å²) in [6.45, 7) is 3.15. The number of carbonyl (C=O) groups is 3. The lowest BCUT2D eigenvalue weighted by atomic mass is 9.99. The van der Waals surface area contributed by atoms with Crippen LogP contribution in [0.25, 0.3) is 0 Å². The van der Waals surface area contributed by atoms with E-state index < -0.39 is 39.9 Å². The Morgan fingerprint density at radius 3 is 2.34 bits per heavy atom. The van der Waals surface area contributed by atoms with E-state index in [0.29, 0.717) is 22.9 Å². The van der Waals surface area contributed by atoms with E-state index in [4.69, 9.17) is 33.3 Å². The first-order valence-corrected chi connectivity index (χ1v) is 16.3. The Morgan fingerprint density at radius 1 is 1.02 bits per heavy atom. The molecule has 2 atom stereocenters. The van der Waals surface area contributed by atoms with Crippen molar-refractivity contribution in [3.8, 4) is 5.75 Å². The van der Waals surface area contributed by atoms with E-state index in [2.05, 4.69) is 31.9 Å². The van der Waals surface area contributed by atoms with Crippen LogP contribution in [0.1, 0.15) is 25.8 Å². The Balaban J connectivity index is 1.53. The standard InChI is InChI=1S/C29H30BrClN4O7S2/c1-3-18(2)26(34-29(38)42-16-19-7-5-4-6-8-19)27(37)35-44(39,40)22-12-10-21(11-13-22)32-28(43)33-25(36)17-41-24-14-9-20(30)15-23(24)31/h4-15,18,26H,3,16-17H2,1-2H3,(H,34,38)(H,35,37)(H2,32,33,36,43)/t18-,26-/m0/s1. The van der Waals surface area contributed by atoms with Crippen molar-refractivity contribution in [1.29, 1.82) is 0 Å². The molecule has 4 N–H and O–H groups in total. The van der Waals surface area contributed by atoms with E-state index in [1.807, 2.05) is 10.8 Å². The van der Waals surface area contributed by atoms with Crippen LogP contribution in [0.4, 0.5) is 10.5 Å². The molecule has 0 heterocycles. The third kappa shape index (κ3) is 10.8. The predicted molar refractivity (Wildman–Crippen MR) is 174 cm³/mol. The fourth-order valence-electron chi connectivity index (χ4n) is 3.63. The molecule has 3 aromatic carbocycles. The van der Waals surface area contributed by atoms with E-state index in [1.54, 1.807) is 56.3 Å².